The molecule has 0 amide bonds. The zero-order valence-corrected chi connectivity index (χ0v) is 14.9. The van der Waals surface area contributed by atoms with Crippen molar-refractivity contribution >= 4 is 5.97 Å². The molecule has 0 unspecified atom stereocenters. The fourth-order valence-electron chi connectivity index (χ4n) is 2.26. The molecule has 3 rings (SSSR count). The molecule has 27 heavy (non-hydrogen) atoms. The predicted octanol–water partition coefficient (Wildman–Crippen LogP) is 3.60. The van der Waals surface area contributed by atoms with Crippen molar-refractivity contribution in [1.82, 2.24) is 10.2 Å². The number of rotatable bonds is 6. The van der Waals surface area contributed by atoms with Gasteiger partial charge in [-0.15, -0.1) is 10.2 Å². The van der Waals surface area contributed by atoms with Crippen molar-refractivity contribution in [2.45, 2.75) is 20.0 Å². The Morgan fingerprint density at radius 1 is 1.15 bits per heavy atom. The Hall–Kier alpha value is -3.66. The normalized spacial score (nSPS) is 11.4. The van der Waals surface area contributed by atoms with E-state index in [1.807, 2.05) is 37.3 Å². The van der Waals surface area contributed by atoms with E-state index < -0.39 is 12.1 Å². The summed E-state index contributed by atoms with van der Waals surface area (Å²) in [4.78, 5) is 11.9. The van der Waals surface area contributed by atoms with E-state index in [9.17, 15) is 4.79 Å². The molecule has 0 fully saturated rings. The van der Waals surface area contributed by atoms with E-state index in [2.05, 4.69) is 10.2 Å². The summed E-state index contributed by atoms with van der Waals surface area (Å²) in [6.45, 7) is 3.37. The summed E-state index contributed by atoms with van der Waals surface area (Å²) in [5.41, 5.74) is 2.43. The Bertz CT molecular complexity index is 956. The number of nitrogens with zero attached hydrogens (tertiary/aromatic N) is 3. The van der Waals surface area contributed by atoms with Crippen LogP contribution in [0.25, 0.3) is 11.5 Å². The lowest BCUT2D eigenvalue weighted by molar-refractivity contribution is -0.152. The highest BCUT2D eigenvalue weighted by molar-refractivity contribution is 5.71. The molecule has 0 aliphatic carbocycles. The molecule has 0 spiro atoms. The molecule has 0 aliphatic heterocycles. The third-order valence-corrected chi connectivity index (χ3v) is 3.74. The van der Waals surface area contributed by atoms with E-state index in [1.54, 1.807) is 31.2 Å². The number of hydrogen-bond acceptors (Lipinski definition) is 7. The van der Waals surface area contributed by atoms with Crippen molar-refractivity contribution in [3.8, 4) is 23.3 Å². The van der Waals surface area contributed by atoms with Gasteiger partial charge in [-0.05, 0) is 50.2 Å². The van der Waals surface area contributed by atoms with E-state index >= 15 is 0 Å². The molecule has 0 saturated carbocycles. The first kappa shape index (κ1) is 18.1. The second-order valence-corrected chi connectivity index (χ2v) is 5.87. The van der Waals surface area contributed by atoms with Crippen LogP contribution in [0.15, 0.2) is 52.9 Å². The van der Waals surface area contributed by atoms with Crippen LogP contribution < -0.4 is 4.74 Å². The highest BCUT2D eigenvalue weighted by Crippen LogP contribution is 2.22. The lowest BCUT2D eigenvalue weighted by atomic mass is 10.1. The lowest BCUT2D eigenvalue weighted by Gasteiger charge is -2.10. The zero-order chi connectivity index (χ0) is 19.2. The van der Waals surface area contributed by atoms with Crippen molar-refractivity contribution in [2.24, 2.45) is 0 Å². The standard InChI is InChI=1S/C20H17N3O4/c1-13-3-7-16(8-4-13)20-23-22-19(27-20)14(2)26-18(24)12-25-17-9-5-15(11-21)6-10-17/h3-10,14H,12H2,1-2H3/t14-/m1/s1. The summed E-state index contributed by atoms with van der Waals surface area (Å²) in [7, 11) is 0. The minimum atomic E-state index is -0.700. The van der Waals surface area contributed by atoms with Gasteiger partial charge in [0.2, 0.25) is 5.89 Å². The molecular weight excluding hydrogens is 346 g/mol. The first-order valence-corrected chi connectivity index (χ1v) is 8.28. The summed E-state index contributed by atoms with van der Waals surface area (Å²) >= 11 is 0. The quantitative estimate of drug-likeness (QED) is 0.617. The predicted molar refractivity (Wildman–Crippen MR) is 95.6 cm³/mol. The van der Waals surface area contributed by atoms with Crippen LogP contribution in [0.4, 0.5) is 0 Å². The topological polar surface area (TPSA) is 98.2 Å². The number of aryl methyl sites for hydroxylation is 1. The number of nitriles is 1. The van der Waals surface area contributed by atoms with Crippen molar-refractivity contribution in [3.05, 3.63) is 65.5 Å². The van der Waals surface area contributed by atoms with Gasteiger partial charge in [-0.2, -0.15) is 5.26 Å². The van der Waals surface area contributed by atoms with Crippen molar-refractivity contribution in [1.29, 1.82) is 5.26 Å². The Labute approximate surface area is 156 Å². The summed E-state index contributed by atoms with van der Waals surface area (Å²) in [6, 6.07) is 16.1. The highest BCUT2D eigenvalue weighted by Gasteiger charge is 2.19. The van der Waals surface area contributed by atoms with Gasteiger partial charge in [0.1, 0.15) is 5.75 Å². The molecule has 1 heterocycles. The number of aromatic nitrogens is 2. The van der Waals surface area contributed by atoms with Crippen molar-refractivity contribution in [3.63, 3.8) is 0 Å². The van der Waals surface area contributed by atoms with Gasteiger partial charge in [-0.3, -0.25) is 0 Å². The SMILES string of the molecule is Cc1ccc(-c2nnc([C@@H](C)OC(=O)COc3ccc(C#N)cc3)o2)cc1. The Morgan fingerprint density at radius 2 is 1.85 bits per heavy atom. The van der Waals surface area contributed by atoms with Crippen LogP contribution in [-0.2, 0) is 9.53 Å². The zero-order valence-electron chi connectivity index (χ0n) is 14.9. The number of benzene rings is 2. The highest BCUT2D eigenvalue weighted by atomic mass is 16.6. The lowest BCUT2D eigenvalue weighted by Crippen LogP contribution is -2.17. The number of ether oxygens (including phenoxy) is 2. The molecule has 3 aromatic rings. The Balaban J connectivity index is 1.55. The van der Waals surface area contributed by atoms with Gasteiger partial charge in [0.15, 0.2) is 12.7 Å². The van der Waals surface area contributed by atoms with Gasteiger partial charge < -0.3 is 13.9 Å². The van der Waals surface area contributed by atoms with Crippen molar-refractivity contribution < 1.29 is 18.7 Å². The van der Waals surface area contributed by atoms with Gasteiger partial charge in [0, 0.05) is 5.56 Å². The third-order valence-electron chi connectivity index (χ3n) is 3.74. The summed E-state index contributed by atoms with van der Waals surface area (Å²) in [6.07, 6.45) is -0.700. The Kier molecular flexibility index (Phi) is 5.47. The fraction of sp³-hybridized carbons (Fsp3) is 0.200. The van der Waals surface area contributed by atoms with E-state index in [0.717, 1.165) is 11.1 Å². The van der Waals surface area contributed by atoms with Gasteiger partial charge in [-0.1, -0.05) is 17.7 Å². The molecule has 136 valence electrons. The van der Waals surface area contributed by atoms with Gasteiger partial charge in [0.25, 0.3) is 5.89 Å². The molecule has 0 aliphatic rings. The molecule has 0 radical (unpaired) electrons. The maximum absolute atomic E-state index is 11.9. The molecular formula is C20H17N3O4. The van der Waals surface area contributed by atoms with Gasteiger partial charge in [-0.25, -0.2) is 4.79 Å². The average Bonchev–Trinajstić information content (AvgIpc) is 3.18. The first-order valence-electron chi connectivity index (χ1n) is 8.28. The summed E-state index contributed by atoms with van der Waals surface area (Å²) in [5.74, 6) is 0.471. The number of carbonyl (C=O) groups excluding carboxylic acids is 1. The average molecular weight is 363 g/mol. The van der Waals surface area contributed by atoms with E-state index in [1.165, 1.54) is 0 Å². The summed E-state index contributed by atoms with van der Waals surface area (Å²) in [5, 5.41) is 16.7. The second-order valence-electron chi connectivity index (χ2n) is 5.87. The van der Waals surface area contributed by atoms with Crippen molar-refractivity contribution in [2.75, 3.05) is 6.61 Å². The van der Waals surface area contributed by atoms with E-state index in [0.29, 0.717) is 17.2 Å². The van der Waals surface area contributed by atoms with E-state index in [-0.39, 0.29) is 12.5 Å². The van der Waals surface area contributed by atoms with Crippen LogP contribution in [-0.4, -0.2) is 22.8 Å². The van der Waals surface area contributed by atoms with E-state index in [4.69, 9.17) is 19.2 Å². The number of carbonyl (C=O) groups is 1. The van der Waals surface area contributed by atoms with Crippen LogP contribution >= 0.6 is 0 Å². The molecule has 7 nitrogen and oxygen atoms in total. The summed E-state index contributed by atoms with van der Waals surface area (Å²) < 4.78 is 16.2. The molecule has 1 atom stereocenters. The molecule has 2 aromatic carbocycles. The fourth-order valence-corrected chi connectivity index (χ4v) is 2.26. The largest absolute Gasteiger partial charge is 0.482 e. The Morgan fingerprint density at radius 3 is 2.52 bits per heavy atom. The van der Waals surface area contributed by atoms with Gasteiger partial charge >= 0.3 is 5.97 Å². The molecule has 0 N–H and O–H groups in total. The van der Waals surface area contributed by atoms with Gasteiger partial charge in [0.05, 0.1) is 11.6 Å². The smallest absolute Gasteiger partial charge is 0.344 e. The van der Waals surface area contributed by atoms with Crippen LogP contribution in [0.5, 0.6) is 5.75 Å². The third kappa shape index (κ3) is 4.70. The second kappa shape index (κ2) is 8.15. The monoisotopic (exact) mass is 363 g/mol. The van der Waals surface area contributed by atoms with Crippen LogP contribution in [0.3, 0.4) is 0 Å². The number of hydrogen-bond donors (Lipinski definition) is 0. The molecule has 7 heteroatoms. The maximum Gasteiger partial charge on any atom is 0.344 e. The minimum Gasteiger partial charge on any atom is -0.482 e. The molecule has 1 aromatic heterocycles. The minimum absolute atomic E-state index is 0.206. The molecule has 0 saturated heterocycles. The first-order chi connectivity index (χ1) is 13.0. The van der Waals surface area contributed by atoms with Crippen LogP contribution in [0.2, 0.25) is 0 Å². The van der Waals surface area contributed by atoms with Crippen LogP contribution in [0.1, 0.15) is 30.0 Å². The van der Waals surface area contributed by atoms with Crippen LogP contribution in [0, 0.1) is 18.3 Å². The maximum atomic E-state index is 11.9. The number of esters is 1. The molecule has 0 bridgehead atoms.